The summed E-state index contributed by atoms with van der Waals surface area (Å²) >= 11 is 6.26. The highest BCUT2D eigenvalue weighted by Gasteiger charge is 2.30. The van der Waals surface area contributed by atoms with Crippen LogP contribution in [0, 0.1) is 23.1 Å². The van der Waals surface area contributed by atoms with Crippen LogP contribution in [-0.2, 0) is 4.79 Å². The molecule has 57 heavy (non-hydrogen) atoms. The van der Waals surface area contributed by atoms with Crippen LogP contribution >= 0.6 is 11.6 Å². The fourth-order valence-corrected chi connectivity index (χ4v) is 9.36. The molecule has 2 aromatic carbocycles. The number of imide groups is 1. The number of rotatable bonds is 9. The average molecular weight is 795 g/mol. The van der Waals surface area contributed by atoms with Crippen LogP contribution in [0.25, 0.3) is 10.9 Å². The van der Waals surface area contributed by atoms with Crippen LogP contribution in [0.4, 0.5) is 26.4 Å². The first-order valence-corrected chi connectivity index (χ1v) is 20.5. The number of likely N-dealkylation sites (tertiary alicyclic amines) is 1. The van der Waals surface area contributed by atoms with Gasteiger partial charge in [-0.3, -0.25) is 19.8 Å². The fourth-order valence-electron chi connectivity index (χ4n) is 9.14. The monoisotopic (exact) mass is 794 g/mol. The van der Waals surface area contributed by atoms with Gasteiger partial charge in [0.2, 0.25) is 5.91 Å². The Kier molecular flexibility index (Phi) is 11.3. The Morgan fingerprint density at radius 3 is 2.42 bits per heavy atom. The number of carbonyl (C=O) groups is 3. The van der Waals surface area contributed by atoms with Gasteiger partial charge in [0, 0.05) is 88.1 Å². The molecule has 0 atom stereocenters. The third-order valence-electron chi connectivity index (χ3n) is 12.5. The first kappa shape index (κ1) is 38.6. The Morgan fingerprint density at radius 2 is 1.74 bits per heavy atom. The summed E-state index contributed by atoms with van der Waals surface area (Å²) in [7, 11) is 2.05. The molecule has 4 aromatic rings. The number of nitrogens with one attached hydrogen (secondary N) is 2. The van der Waals surface area contributed by atoms with Crippen molar-refractivity contribution < 1.29 is 18.8 Å². The fraction of sp³-hybridized carbons (Fsp3) is 0.476. The van der Waals surface area contributed by atoms with E-state index in [-0.39, 0.29) is 36.9 Å². The molecule has 2 aromatic heterocycles. The van der Waals surface area contributed by atoms with Crippen molar-refractivity contribution in [3.05, 3.63) is 76.8 Å². The van der Waals surface area contributed by atoms with Gasteiger partial charge in [-0.1, -0.05) is 11.6 Å². The molecule has 13 nitrogen and oxygen atoms in total. The lowest BCUT2D eigenvalue weighted by Gasteiger charge is -2.38. The number of hydrogen-bond donors (Lipinski definition) is 2. The SMILES string of the molecule is CN(c1ccc(C#N)c(Cl)c1)C1CCC(NC(=O)c2ccc(N3CCC(CN4CCC(n5ccc6c(N7CCC(=O)NC7=O)cc(F)cc65)CC4)CC3)nn2)CC1. The molecular formula is C42H48ClFN10O3. The van der Waals surface area contributed by atoms with Crippen LogP contribution in [0.15, 0.2) is 54.7 Å². The maximum atomic E-state index is 14.9. The van der Waals surface area contributed by atoms with Crippen molar-refractivity contribution in [3.8, 4) is 6.07 Å². The van der Waals surface area contributed by atoms with E-state index in [2.05, 4.69) is 46.2 Å². The molecule has 8 rings (SSSR count). The summed E-state index contributed by atoms with van der Waals surface area (Å²) in [5.41, 5.74) is 3.04. The Labute approximate surface area is 336 Å². The molecule has 0 unspecified atom stereocenters. The number of nitrogens with zero attached hydrogens (tertiary/aromatic N) is 8. The number of anilines is 3. The van der Waals surface area contributed by atoms with Crippen molar-refractivity contribution in [2.75, 3.05) is 61.0 Å². The zero-order chi connectivity index (χ0) is 39.6. The first-order valence-electron chi connectivity index (χ1n) is 20.1. The second kappa shape index (κ2) is 16.7. The van der Waals surface area contributed by atoms with Gasteiger partial charge in [-0.15, -0.1) is 10.2 Å². The lowest BCUT2D eigenvalue weighted by molar-refractivity contribution is -0.120. The number of piperidine rings is 2. The minimum Gasteiger partial charge on any atom is -0.372 e. The van der Waals surface area contributed by atoms with Crippen LogP contribution in [0.1, 0.15) is 79.9 Å². The number of urea groups is 1. The minimum atomic E-state index is -0.514. The van der Waals surface area contributed by atoms with E-state index in [0.717, 1.165) is 106 Å². The summed E-state index contributed by atoms with van der Waals surface area (Å²) < 4.78 is 17.0. The number of halogens is 2. The van der Waals surface area contributed by atoms with E-state index in [1.54, 1.807) is 18.2 Å². The molecule has 0 bridgehead atoms. The zero-order valence-corrected chi connectivity index (χ0v) is 32.9. The van der Waals surface area contributed by atoms with Crippen molar-refractivity contribution in [3.63, 3.8) is 0 Å². The molecule has 5 heterocycles. The second-order valence-electron chi connectivity index (χ2n) is 15.9. The minimum absolute atomic E-state index is 0.0785. The van der Waals surface area contributed by atoms with E-state index in [1.165, 1.54) is 11.0 Å². The normalized spacial score (nSPS) is 21.4. The molecule has 3 aliphatic heterocycles. The maximum absolute atomic E-state index is 14.9. The van der Waals surface area contributed by atoms with Crippen molar-refractivity contribution in [2.24, 2.45) is 5.92 Å². The second-order valence-corrected chi connectivity index (χ2v) is 16.3. The number of carbonyl (C=O) groups excluding carboxylic acids is 3. The topological polar surface area (TPSA) is 143 Å². The largest absolute Gasteiger partial charge is 0.372 e. The summed E-state index contributed by atoms with van der Waals surface area (Å²) in [6.07, 6.45) is 9.80. The number of aromatic nitrogens is 3. The van der Waals surface area contributed by atoms with Crippen molar-refractivity contribution in [2.45, 2.75) is 75.9 Å². The molecule has 1 saturated carbocycles. The third-order valence-corrected chi connectivity index (χ3v) is 12.8. The number of amides is 4. The maximum Gasteiger partial charge on any atom is 0.328 e. The Balaban J connectivity index is 0.772. The summed E-state index contributed by atoms with van der Waals surface area (Å²) in [6.45, 7) is 4.98. The van der Waals surface area contributed by atoms with Gasteiger partial charge in [0.15, 0.2) is 11.5 Å². The van der Waals surface area contributed by atoms with Gasteiger partial charge in [0.05, 0.1) is 21.8 Å². The molecular weight excluding hydrogens is 747 g/mol. The highest BCUT2D eigenvalue weighted by Crippen LogP contribution is 2.35. The van der Waals surface area contributed by atoms with E-state index < -0.39 is 11.8 Å². The van der Waals surface area contributed by atoms with Gasteiger partial charge in [0.1, 0.15) is 11.9 Å². The predicted molar refractivity (Wildman–Crippen MR) is 217 cm³/mol. The van der Waals surface area contributed by atoms with Gasteiger partial charge in [0.25, 0.3) is 5.91 Å². The summed E-state index contributed by atoms with van der Waals surface area (Å²) in [5.74, 6) is 0.468. The standard InChI is InChI=1S/C42H48ClFN10O3/c1-50(33-5-2-28(25-45)35(43)24-33)31-6-3-30(4-7-31)46-41(56)36-8-9-39(49-48-36)52-18-10-27(11-19-52)26-51-16-12-32(13-17-51)53-20-14-34-37(53)22-29(44)23-38(34)54-21-15-40(55)47-42(54)57/h2,5,8-9,14,20,22-24,27,30-32H,3-4,6-7,10-13,15-19,21,26H2,1H3,(H,46,56)(H,47,55,57). The molecule has 1 aliphatic carbocycles. The van der Waals surface area contributed by atoms with Crippen LogP contribution in [0.5, 0.6) is 0 Å². The Bertz CT molecular complexity index is 2170. The highest BCUT2D eigenvalue weighted by atomic mass is 35.5. The molecule has 4 fully saturated rings. The van der Waals surface area contributed by atoms with Gasteiger partial charge >= 0.3 is 6.03 Å². The van der Waals surface area contributed by atoms with E-state index in [9.17, 15) is 24.0 Å². The lowest BCUT2D eigenvalue weighted by Crippen LogP contribution is -2.49. The van der Waals surface area contributed by atoms with E-state index in [4.69, 9.17) is 11.6 Å². The van der Waals surface area contributed by atoms with Gasteiger partial charge in [-0.2, -0.15) is 5.26 Å². The molecule has 4 amide bonds. The number of hydrogen-bond acceptors (Lipinski definition) is 9. The van der Waals surface area contributed by atoms with E-state index in [1.807, 2.05) is 37.5 Å². The predicted octanol–water partition coefficient (Wildman–Crippen LogP) is 6.27. The summed E-state index contributed by atoms with van der Waals surface area (Å²) in [5, 5.41) is 24.7. The molecule has 3 saturated heterocycles. The van der Waals surface area contributed by atoms with Crippen LogP contribution in [0.3, 0.4) is 0 Å². The Morgan fingerprint density at radius 1 is 0.965 bits per heavy atom. The van der Waals surface area contributed by atoms with Crippen molar-refractivity contribution in [1.29, 1.82) is 5.26 Å². The quantitative estimate of drug-likeness (QED) is 0.201. The number of nitriles is 1. The molecule has 15 heteroatoms. The highest BCUT2D eigenvalue weighted by molar-refractivity contribution is 6.32. The number of fused-ring (bicyclic) bond motifs is 1. The molecule has 4 aliphatic rings. The summed E-state index contributed by atoms with van der Waals surface area (Å²) in [6, 6.07) is 16.3. The van der Waals surface area contributed by atoms with Gasteiger partial charge in [-0.05, 0) is 106 Å². The van der Waals surface area contributed by atoms with Gasteiger partial charge in [-0.25, -0.2) is 9.18 Å². The molecule has 0 radical (unpaired) electrons. The van der Waals surface area contributed by atoms with Crippen LogP contribution in [-0.4, -0.2) is 95.9 Å². The zero-order valence-electron chi connectivity index (χ0n) is 32.2. The van der Waals surface area contributed by atoms with Crippen molar-refractivity contribution >= 4 is 57.5 Å². The molecule has 2 N–H and O–H groups in total. The smallest absolute Gasteiger partial charge is 0.328 e. The van der Waals surface area contributed by atoms with Gasteiger partial charge < -0.3 is 24.6 Å². The van der Waals surface area contributed by atoms with Crippen LogP contribution in [0.2, 0.25) is 5.02 Å². The Hall–Kier alpha value is -5.26. The molecule has 298 valence electrons. The number of benzene rings is 2. The molecule has 0 spiro atoms. The first-order chi connectivity index (χ1) is 27.6. The van der Waals surface area contributed by atoms with E-state index in [0.29, 0.717) is 33.9 Å². The third kappa shape index (κ3) is 8.41. The van der Waals surface area contributed by atoms with E-state index >= 15 is 0 Å². The average Bonchev–Trinajstić information content (AvgIpc) is 3.65. The van der Waals surface area contributed by atoms with Crippen LogP contribution < -0.4 is 25.3 Å². The van der Waals surface area contributed by atoms with Crippen molar-refractivity contribution in [1.82, 2.24) is 30.3 Å². The lowest BCUT2D eigenvalue weighted by atomic mass is 9.90. The summed E-state index contributed by atoms with van der Waals surface area (Å²) in [4.78, 5) is 45.8.